The predicted molar refractivity (Wildman–Crippen MR) is 58.6 cm³/mol. The lowest BCUT2D eigenvalue weighted by atomic mass is 9.92. The molecule has 0 spiro atoms. The van der Waals surface area contributed by atoms with Gasteiger partial charge in [0.05, 0.1) is 5.60 Å². The molecule has 2 rings (SSSR count). The van der Waals surface area contributed by atoms with Gasteiger partial charge in [-0.05, 0) is 30.5 Å². The van der Waals surface area contributed by atoms with Gasteiger partial charge < -0.3 is 4.74 Å². The third kappa shape index (κ3) is 1.67. The van der Waals surface area contributed by atoms with Crippen LogP contribution in [0, 0.1) is 0 Å². The molecule has 0 atom stereocenters. The number of benzene rings is 1. The highest BCUT2D eigenvalue weighted by molar-refractivity contribution is 6.30. The molecule has 1 fully saturated rings. The van der Waals surface area contributed by atoms with Crippen molar-refractivity contribution in [1.82, 2.24) is 0 Å². The third-order valence-electron chi connectivity index (χ3n) is 3.15. The zero-order chi connectivity index (χ0) is 10.0. The van der Waals surface area contributed by atoms with Gasteiger partial charge in [-0.3, -0.25) is 0 Å². The Morgan fingerprint density at radius 2 is 2.00 bits per heavy atom. The van der Waals surface area contributed by atoms with E-state index in [1.165, 1.54) is 18.4 Å². The maximum Gasteiger partial charge on any atom is 0.0928 e. The summed E-state index contributed by atoms with van der Waals surface area (Å²) in [7, 11) is 1.80. The first-order valence-corrected chi connectivity index (χ1v) is 5.46. The summed E-state index contributed by atoms with van der Waals surface area (Å²) in [5.41, 5.74) is 1.16. The SMILES string of the molecule is COC1(c2cccc(Cl)c2)CCCC1. The molecule has 1 aliphatic carbocycles. The number of hydrogen-bond acceptors (Lipinski definition) is 1. The van der Waals surface area contributed by atoms with Crippen molar-refractivity contribution < 1.29 is 4.74 Å². The molecule has 1 nitrogen and oxygen atoms in total. The summed E-state index contributed by atoms with van der Waals surface area (Å²) in [5.74, 6) is 0. The summed E-state index contributed by atoms with van der Waals surface area (Å²) >= 11 is 5.99. The van der Waals surface area contributed by atoms with E-state index in [-0.39, 0.29) is 5.60 Å². The van der Waals surface area contributed by atoms with E-state index in [1.54, 1.807) is 7.11 Å². The maximum absolute atomic E-state index is 5.99. The molecule has 0 N–H and O–H groups in total. The minimum Gasteiger partial charge on any atom is -0.374 e. The van der Waals surface area contributed by atoms with Crippen LogP contribution in [0.15, 0.2) is 24.3 Å². The van der Waals surface area contributed by atoms with Crippen LogP contribution in [0.2, 0.25) is 5.02 Å². The maximum atomic E-state index is 5.99. The lowest BCUT2D eigenvalue weighted by molar-refractivity contribution is -0.00869. The Bertz CT molecular complexity index is 316. The second kappa shape index (κ2) is 3.92. The Balaban J connectivity index is 2.35. The number of ether oxygens (including phenoxy) is 1. The average Bonchev–Trinajstić information content (AvgIpc) is 2.67. The lowest BCUT2D eigenvalue weighted by Gasteiger charge is -2.28. The van der Waals surface area contributed by atoms with Crippen LogP contribution in [0.5, 0.6) is 0 Å². The normalized spacial score (nSPS) is 19.9. The summed E-state index contributed by atoms with van der Waals surface area (Å²) in [6, 6.07) is 8.04. The minimum absolute atomic E-state index is 0.0646. The zero-order valence-electron chi connectivity index (χ0n) is 8.42. The second-order valence-electron chi connectivity index (χ2n) is 3.92. The molecule has 0 amide bonds. The van der Waals surface area contributed by atoms with Gasteiger partial charge in [-0.15, -0.1) is 0 Å². The van der Waals surface area contributed by atoms with E-state index < -0.39 is 0 Å². The molecule has 1 saturated carbocycles. The molecule has 0 radical (unpaired) electrons. The summed E-state index contributed by atoms with van der Waals surface area (Å²) in [6.45, 7) is 0. The molecule has 2 heteroatoms. The molecule has 0 saturated heterocycles. The summed E-state index contributed by atoms with van der Waals surface area (Å²) in [4.78, 5) is 0. The zero-order valence-corrected chi connectivity index (χ0v) is 9.18. The van der Waals surface area contributed by atoms with E-state index in [0.29, 0.717) is 0 Å². The van der Waals surface area contributed by atoms with Crippen molar-refractivity contribution in [3.8, 4) is 0 Å². The van der Waals surface area contributed by atoms with Crippen molar-refractivity contribution in [3.05, 3.63) is 34.9 Å². The van der Waals surface area contributed by atoms with Gasteiger partial charge in [0.2, 0.25) is 0 Å². The van der Waals surface area contributed by atoms with E-state index in [1.807, 2.05) is 18.2 Å². The number of rotatable bonds is 2. The van der Waals surface area contributed by atoms with Gasteiger partial charge >= 0.3 is 0 Å². The second-order valence-corrected chi connectivity index (χ2v) is 4.35. The summed E-state index contributed by atoms with van der Waals surface area (Å²) in [5, 5.41) is 0.797. The van der Waals surface area contributed by atoms with E-state index in [0.717, 1.165) is 17.9 Å². The van der Waals surface area contributed by atoms with E-state index in [9.17, 15) is 0 Å². The van der Waals surface area contributed by atoms with Gasteiger partial charge in [-0.25, -0.2) is 0 Å². The van der Waals surface area contributed by atoms with Crippen molar-refractivity contribution in [1.29, 1.82) is 0 Å². The van der Waals surface area contributed by atoms with Gasteiger partial charge in [0.15, 0.2) is 0 Å². The van der Waals surface area contributed by atoms with Crippen LogP contribution >= 0.6 is 11.6 Å². The van der Waals surface area contributed by atoms with Gasteiger partial charge in [-0.1, -0.05) is 36.6 Å². The Kier molecular flexibility index (Phi) is 2.80. The van der Waals surface area contributed by atoms with Gasteiger partial charge in [0.1, 0.15) is 0 Å². The first-order valence-electron chi connectivity index (χ1n) is 5.08. The molecule has 76 valence electrons. The van der Waals surface area contributed by atoms with Crippen LogP contribution in [0.1, 0.15) is 31.2 Å². The third-order valence-corrected chi connectivity index (χ3v) is 3.39. The Morgan fingerprint density at radius 3 is 2.57 bits per heavy atom. The van der Waals surface area contributed by atoms with Gasteiger partial charge in [-0.2, -0.15) is 0 Å². The molecule has 0 bridgehead atoms. The fraction of sp³-hybridized carbons (Fsp3) is 0.500. The van der Waals surface area contributed by atoms with Gasteiger partial charge in [0, 0.05) is 12.1 Å². The van der Waals surface area contributed by atoms with Gasteiger partial charge in [0.25, 0.3) is 0 Å². The van der Waals surface area contributed by atoms with E-state index in [4.69, 9.17) is 16.3 Å². The Labute approximate surface area is 90.0 Å². The first-order chi connectivity index (χ1) is 6.77. The summed E-state index contributed by atoms with van der Waals surface area (Å²) < 4.78 is 5.68. The smallest absolute Gasteiger partial charge is 0.0928 e. The number of hydrogen-bond donors (Lipinski definition) is 0. The fourth-order valence-electron chi connectivity index (χ4n) is 2.33. The molecule has 1 aromatic carbocycles. The molecular weight excluding hydrogens is 196 g/mol. The number of methoxy groups -OCH3 is 1. The van der Waals surface area contributed by atoms with Crippen molar-refractivity contribution in [2.75, 3.05) is 7.11 Å². The van der Waals surface area contributed by atoms with Crippen LogP contribution in [0.3, 0.4) is 0 Å². The molecule has 1 aromatic rings. The van der Waals surface area contributed by atoms with Crippen molar-refractivity contribution in [2.45, 2.75) is 31.3 Å². The topological polar surface area (TPSA) is 9.23 Å². The largest absolute Gasteiger partial charge is 0.374 e. The quantitative estimate of drug-likeness (QED) is 0.723. The van der Waals surface area contributed by atoms with Crippen LogP contribution < -0.4 is 0 Å². The first kappa shape index (κ1) is 10.0. The Hall–Kier alpha value is -0.530. The van der Waals surface area contributed by atoms with Crippen LogP contribution in [0.25, 0.3) is 0 Å². The highest BCUT2D eigenvalue weighted by Crippen LogP contribution is 2.42. The average molecular weight is 211 g/mol. The molecule has 0 aromatic heterocycles. The molecule has 0 unspecified atom stereocenters. The molecule has 14 heavy (non-hydrogen) atoms. The molecule has 1 aliphatic rings. The highest BCUT2D eigenvalue weighted by atomic mass is 35.5. The summed E-state index contributed by atoms with van der Waals surface area (Å²) in [6.07, 6.45) is 4.73. The molecular formula is C12H15ClO. The monoisotopic (exact) mass is 210 g/mol. The van der Waals surface area contributed by atoms with E-state index in [2.05, 4.69) is 6.07 Å². The van der Waals surface area contributed by atoms with Crippen molar-refractivity contribution >= 4 is 11.6 Å². The minimum atomic E-state index is -0.0646. The Morgan fingerprint density at radius 1 is 1.29 bits per heavy atom. The fourth-order valence-corrected chi connectivity index (χ4v) is 2.52. The van der Waals surface area contributed by atoms with Crippen LogP contribution in [-0.2, 0) is 10.3 Å². The predicted octanol–water partition coefficient (Wildman–Crippen LogP) is 3.76. The van der Waals surface area contributed by atoms with Crippen LogP contribution in [0.4, 0.5) is 0 Å². The lowest BCUT2D eigenvalue weighted by Crippen LogP contribution is -2.24. The van der Waals surface area contributed by atoms with Crippen molar-refractivity contribution in [2.24, 2.45) is 0 Å². The highest BCUT2D eigenvalue weighted by Gasteiger charge is 2.35. The number of halogens is 1. The van der Waals surface area contributed by atoms with E-state index >= 15 is 0 Å². The van der Waals surface area contributed by atoms with Crippen molar-refractivity contribution in [3.63, 3.8) is 0 Å². The standard InChI is InChI=1S/C12H15ClO/c1-14-12(7-2-3-8-12)10-5-4-6-11(13)9-10/h4-6,9H,2-3,7-8H2,1H3. The molecule has 0 aliphatic heterocycles. The molecule has 0 heterocycles. The van der Waals surface area contributed by atoms with Crippen LogP contribution in [-0.4, -0.2) is 7.11 Å².